The van der Waals surface area contributed by atoms with E-state index in [1.54, 1.807) is 0 Å². The minimum absolute atomic E-state index is 0.127. The van der Waals surface area contributed by atoms with E-state index >= 15 is 0 Å². The summed E-state index contributed by atoms with van der Waals surface area (Å²) in [6.45, 7) is 12.2. The van der Waals surface area contributed by atoms with Crippen molar-refractivity contribution in [2.24, 2.45) is 0 Å². The maximum absolute atomic E-state index is 14.0. The highest BCUT2D eigenvalue weighted by Crippen LogP contribution is 2.41. The zero-order valence-electron chi connectivity index (χ0n) is 19.8. The molecule has 36 heavy (non-hydrogen) atoms. The zero-order valence-corrected chi connectivity index (χ0v) is 20.7. The molecule has 6 rings (SSSR count). The van der Waals surface area contributed by atoms with Crippen molar-refractivity contribution in [2.75, 3.05) is 31.9 Å². The molecular formula is C25H25FN8OS. The second kappa shape index (κ2) is 9.26. The van der Waals surface area contributed by atoms with E-state index in [1.165, 1.54) is 17.1 Å². The van der Waals surface area contributed by atoms with Gasteiger partial charge in [-0.3, -0.25) is 9.69 Å². The van der Waals surface area contributed by atoms with Gasteiger partial charge in [-0.15, -0.1) is 5.10 Å². The molecule has 0 radical (unpaired) electrons. The third kappa shape index (κ3) is 3.94. The Bertz CT molecular complexity index is 1360. The molecule has 9 nitrogen and oxygen atoms in total. The Morgan fingerprint density at radius 3 is 2.94 bits per heavy atom. The first-order valence-corrected chi connectivity index (χ1v) is 13.1. The van der Waals surface area contributed by atoms with Crippen molar-refractivity contribution in [2.45, 2.75) is 37.0 Å². The van der Waals surface area contributed by atoms with Gasteiger partial charge < -0.3 is 4.90 Å². The SMILES string of the molecule is [C-]#[N+]c1c(F)ccc([C@@H]2CN3CCN(C(=O)C4CCc5cc(-n6cnnn6)ncc54)C[C@H]3CS2)c1C. The summed E-state index contributed by atoms with van der Waals surface area (Å²) in [7, 11) is 0. The van der Waals surface area contributed by atoms with Crippen molar-refractivity contribution in [1.82, 2.24) is 35.0 Å². The van der Waals surface area contributed by atoms with Crippen molar-refractivity contribution in [3.05, 3.63) is 70.2 Å². The molecule has 184 valence electrons. The van der Waals surface area contributed by atoms with E-state index in [0.717, 1.165) is 60.5 Å². The monoisotopic (exact) mass is 504 g/mol. The van der Waals surface area contributed by atoms with Gasteiger partial charge >= 0.3 is 0 Å². The summed E-state index contributed by atoms with van der Waals surface area (Å²) in [5, 5.41) is 11.4. The lowest BCUT2D eigenvalue weighted by Crippen LogP contribution is -2.58. The molecule has 2 aliphatic heterocycles. The van der Waals surface area contributed by atoms with E-state index in [1.807, 2.05) is 41.9 Å². The number of piperazine rings is 1. The third-order valence-corrected chi connectivity index (χ3v) is 9.04. The first kappa shape index (κ1) is 23.1. The molecule has 0 N–H and O–H groups in total. The Morgan fingerprint density at radius 2 is 2.14 bits per heavy atom. The molecule has 2 saturated heterocycles. The number of nitrogens with zero attached hydrogens (tertiary/aromatic N) is 8. The fourth-order valence-corrected chi connectivity index (χ4v) is 7.19. The Kier molecular flexibility index (Phi) is 5.93. The molecule has 2 aromatic heterocycles. The summed E-state index contributed by atoms with van der Waals surface area (Å²) in [5.74, 6) is 1.14. The zero-order chi connectivity index (χ0) is 24.8. The Morgan fingerprint density at radius 1 is 1.25 bits per heavy atom. The summed E-state index contributed by atoms with van der Waals surface area (Å²) in [6.07, 6.45) is 4.96. The van der Waals surface area contributed by atoms with Crippen molar-refractivity contribution >= 4 is 23.4 Å². The van der Waals surface area contributed by atoms with Crippen LogP contribution in [0.25, 0.3) is 10.7 Å². The maximum Gasteiger partial charge on any atom is 0.230 e. The molecule has 1 aliphatic carbocycles. The van der Waals surface area contributed by atoms with Crippen LogP contribution in [0.5, 0.6) is 0 Å². The molecule has 0 spiro atoms. The van der Waals surface area contributed by atoms with Gasteiger partial charge in [0.15, 0.2) is 5.82 Å². The van der Waals surface area contributed by atoms with E-state index in [4.69, 9.17) is 6.57 Å². The highest BCUT2D eigenvalue weighted by atomic mass is 32.2. The number of amides is 1. The van der Waals surface area contributed by atoms with E-state index in [2.05, 4.69) is 30.3 Å². The van der Waals surface area contributed by atoms with Gasteiger partial charge in [-0.05, 0) is 64.6 Å². The van der Waals surface area contributed by atoms with Gasteiger partial charge in [0.2, 0.25) is 11.6 Å². The number of carbonyl (C=O) groups excluding carboxylic acids is 1. The number of rotatable bonds is 3. The standard InChI is InChI=1S/C25H25FN8OS/c1-15-18(5-6-21(26)24(15)27-2)22-12-32-7-8-33(11-17(32)13-36-22)25(35)19-4-3-16-9-23(28-10-20(16)19)34-14-29-30-31-34/h5-6,9-10,14,17,19,22H,3-4,7-8,11-13H2,1H3/t17-,19?,22-/m0/s1. The second-order valence-corrected chi connectivity index (χ2v) is 10.8. The van der Waals surface area contributed by atoms with Crippen LogP contribution in [0.2, 0.25) is 0 Å². The fourth-order valence-electron chi connectivity index (χ4n) is 5.69. The highest BCUT2D eigenvalue weighted by molar-refractivity contribution is 7.99. The predicted octanol–water partition coefficient (Wildman–Crippen LogP) is 3.09. The van der Waals surface area contributed by atoms with Crippen LogP contribution in [-0.2, 0) is 11.2 Å². The lowest BCUT2D eigenvalue weighted by Gasteiger charge is -2.46. The van der Waals surface area contributed by atoms with Gasteiger partial charge in [-0.25, -0.2) is 14.2 Å². The second-order valence-electron chi connectivity index (χ2n) is 9.56. The van der Waals surface area contributed by atoms with Gasteiger partial charge in [0.05, 0.1) is 12.5 Å². The molecule has 1 unspecified atom stereocenters. The normalized spacial score (nSPS) is 23.7. The van der Waals surface area contributed by atoms with Crippen LogP contribution in [0.4, 0.5) is 10.1 Å². The van der Waals surface area contributed by atoms with Gasteiger partial charge in [0.1, 0.15) is 12.1 Å². The van der Waals surface area contributed by atoms with Crippen LogP contribution in [0.1, 0.15) is 39.8 Å². The number of carbonyl (C=O) groups is 1. The van der Waals surface area contributed by atoms with Crippen molar-refractivity contribution < 1.29 is 9.18 Å². The Hall–Kier alpha value is -3.36. The van der Waals surface area contributed by atoms with Gasteiger partial charge in [-0.2, -0.15) is 16.4 Å². The average molecular weight is 505 g/mol. The third-order valence-electron chi connectivity index (χ3n) is 7.66. The number of aryl methyl sites for hydroxylation is 1. The van der Waals surface area contributed by atoms with Crippen LogP contribution < -0.4 is 0 Å². The van der Waals surface area contributed by atoms with E-state index in [9.17, 15) is 9.18 Å². The molecule has 0 bridgehead atoms. The number of thioether (sulfide) groups is 1. The van der Waals surface area contributed by atoms with Crippen LogP contribution >= 0.6 is 11.8 Å². The number of aromatic nitrogens is 5. The smallest absolute Gasteiger partial charge is 0.230 e. The summed E-state index contributed by atoms with van der Waals surface area (Å²) < 4.78 is 15.5. The number of fused-ring (bicyclic) bond motifs is 2. The number of hydrogen-bond donors (Lipinski definition) is 0. The quantitative estimate of drug-likeness (QED) is 0.507. The topological polar surface area (TPSA) is 84.4 Å². The summed E-state index contributed by atoms with van der Waals surface area (Å²) in [6, 6.07) is 5.52. The van der Waals surface area contributed by atoms with Gasteiger partial charge in [0.25, 0.3) is 0 Å². The Balaban J connectivity index is 1.12. The van der Waals surface area contributed by atoms with Crippen molar-refractivity contribution in [3.63, 3.8) is 0 Å². The van der Waals surface area contributed by atoms with Crippen LogP contribution in [-0.4, -0.2) is 78.9 Å². The van der Waals surface area contributed by atoms with E-state index < -0.39 is 5.82 Å². The summed E-state index contributed by atoms with van der Waals surface area (Å²) in [4.78, 5) is 25.9. The van der Waals surface area contributed by atoms with Gasteiger partial charge in [-0.1, -0.05) is 6.07 Å². The minimum atomic E-state index is -0.452. The number of pyridine rings is 1. The first-order chi connectivity index (χ1) is 17.5. The molecule has 3 aliphatic rings. The minimum Gasteiger partial charge on any atom is -0.339 e. The molecule has 3 atom stereocenters. The van der Waals surface area contributed by atoms with Crippen LogP contribution in [0.15, 0.2) is 30.7 Å². The Labute approximate surface area is 212 Å². The van der Waals surface area contributed by atoms with Crippen molar-refractivity contribution in [3.8, 4) is 5.82 Å². The number of hydrogen-bond acceptors (Lipinski definition) is 7. The van der Waals surface area contributed by atoms with E-state index in [-0.39, 0.29) is 22.8 Å². The van der Waals surface area contributed by atoms with Crippen LogP contribution in [0.3, 0.4) is 0 Å². The van der Waals surface area contributed by atoms with Gasteiger partial charge in [0, 0.05) is 49.4 Å². The molecule has 2 fully saturated rings. The number of halogens is 1. The molecule has 1 aromatic carbocycles. The highest BCUT2D eigenvalue weighted by Gasteiger charge is 2.39. The molecule has 0 saturated carbocycles. The molecular weight excluding hydrogens is 479 g/mol. The largest absolute Gasteiger partial charge is 0.339 e. The first-order valence-electron chi connectivity index (χ1n) is 12.1. The maximum atomic E-state index is 14.0. The molecule has 3 aromatic rings. The molecule has 11 heteroatoms. The molecule has 1 amide bonds. The predicted molar refractivity (Wildman–Crippen MR) is 133 cm³/mol. The fraction of sp³-hybridized carbons (Fsp3) is 0.440. The number of tetrazole rings is 1. The van der Waals surface area contributed by atoms with Crippen molar-refractivity contribution in [1.29, 1.82) is 0 Å². The van der Waals surface area contributed by atoms with Crippen LogP contribution in [0, 0.1) is 19.3 Å². The lowest BCUT2D eigenvalue weighted by molar-refractivity contribution is -0.135. The summed E-state index contributed by atoms with van der Waals surface area (Å²) in [5.41, 5.74) is 4.06. The van der Waals surface area contributed by atoms with E-state index in [0.29, 0.717) is 18.4 Å². The lowest BCUT2D eigenvalue weighted by atomic mass is 9.99. The average Bonchev–Trinajstić information content (AvgIpc) is 3.58. The number of benzene rings is 1. The summed E-state index contributed by atoms with van der Waals surface area (Å²) >= 11 is 1.84. The molecule has 4 heterocycles.